The summed E-state index contributed by atoms with van der Waals surface area (Å²) in [5.74, 6) is 0.863. The monoisotopic (exact) mass is 420 g/mol. The number of piperidine rings is 1. The van der Waals surface area contributed by atoms with Crippen LogP contribution in [0.2, 0.25) is 0 Å². The Labute approximate surface area is 183 Å². The van der Waals surface area contributed by atoms with Gasteiger partial charge in [0.25, 0.3) is 5.56 Å². The molecule has 4 rings (SSSR count). The molecule has 0 atom stereocenters. The van der Waals surface area contributed by atoms with Gasteiger partial charge >= 0.3 is 0 Å². The van der Waals surface area contributed by atoms with E-state index in [1.165, 1.54) is 0 Å². The van der Waals surface area contributed by atoms with Crippen molar-refractivity contribution in [3.05, 3.63) is 58.0 Å². The Morgan fingerprint density at radius 2 is 1.94 bits per heavy atom. The normalized spacial score (nSPS) is 14.9. The van der Waals surface area contributed by atoms with Crippen LogP contribution in [0.5, 0.6) is 5.75 Å². The molecule has 0 saturated carbocycles. The molecule has 0 unspecified atom stereocenters. The maximum Gasteiger partial charge on any atom is 0.258 e. The topological polar surface area (TPSA) is 58.9 Å². The average molecular weight is 421 g/mol. The Morgan fingerprint density at radius 1 is 1.16 bits per heavy atom. The van der Waals surface area contributed by atoms with Crippen molar-refractivity contribution in [2.75, 3.05) is 31.6 Å². The number of rotatable bonds is 6. The molecule has 0 radical (unpaired) electrons. The van der Waals surface area contributed by atoms with Gasteiger partial charge in [0.05, 0.1) is 18.5 Å². The summed E-state index contributed by atoms with van der Waals surface area (Å²) in [4.78, 5) is 20.3. The molecule has 1 aliphatic rings. The van der Waals surface area contributed by atoms with Gasteiger partial charge in [0, 0.05) is 37.0 Å². The Balaban J connectivity index is 1.69. The van der Waals surface area contributed by atoms with Crippen molar-refractivity contribution in [2.45, 2.75) is 46.1 Å². The Bertz CT molecular complexity index is 1130. The number of fused-ring (bicyclic) bond motifs is 1. The first-order valence-corrected chi connectivity index (χ1v) is 11.2. The number of ether oxygens (including phenoxy) is 1. The van der Waals surface area contributed by atoms with Gasteiger partial charge in [0.15, 0.2) is 0 Å². The van der Waals surface area contributed by atoms with E-state index in [-0.39, 0.29) is 5.56 Å². The number of aromatic nitrogens is 2. The van der Waals surface area contributed by atoms with Crippen LogP contribution in [0.3, 0.4) is 0 Å². The first kappa shape index (κ1) is 21.4. The van der Waals surface area contributed by atoms with E-state index in [1.807, 2.05) is 25.3 Å². The molecule has 6 heteroatoms. The molecule has 1 fully saturated rings. The third-order valence-corrected chi connectivity index (χ3v) is 6.24. The van der Waals surface area contributed by atoms with Gasteiger partial charge in [-0.2, -0.15) is 0 Å². The second-order valence-electron chi connectivity index (χ2n) is 8.25. The van der Waals surface area contributed by atoms with Crippen molar-refractivity contribution >= 4 is 11.3 Å². The number of benzene rings is 1. The van der Waals surface area contributed by atoms with E-state index in [1.54, 1.807) is 17.6 Å². The van der Waals surface area contributed by atoms with E-state index in [0.717, 1.165) is 67.0 Å². The highest BCUT2D eigenvalue weighted by atomic mass is 16.5. The van der Waals surface area contributed by atoms with E-state index in [9.17, 15) is 4.79 Å². The van der Waals surface area contributed by atoms with Crippen LogP contribution in [-0.2, 0) is 6.42 Å². The zero-order valence-corrected chi connectivity index (χ0v) is 18.9. The number of hydrogen-bond donors (Lipinski definition) is 1. The van der Waals surface area contributed by atoms with E-state index in [4.69, 9.17) is 9.72 Å². The van der Waals surface area contributed by atoms with Crippen molar-refractivity contribution in [3.63, 3.8) is 0 Å². The summed E-state index contributed by atoms with van der Waals surface area (Å²) < 4.78 is 7.13. The average Bonchev–Trinajstić information content (AvgIpc) is 2.79. The highest BCUT2D eigenvalue weighted by Crippen LogP contribution is 2.27. The quantitative estimate of drug-likeness (QED) is 0.657. The summed E-state index contributed by atoms with van der Waals surface area (Å²) >= 11 is 0. The summed E-state index contributed by atoms with van der Waals surface area (Å²) in [5.41, 5.74) is 5.50. The molecule has 3 heterocycles. The van der Waals surface area contributed by atoms with Crippen LogP contribution < -0.4 is 20.5 Å². The van der Waals surface area contributed by atoms with Gasteiger partial charge in [0.2, 0.25) is 0 Å². The molecule has 0 bridgehead atoms. The summed E-state index contributed by atoms with van der Waals surface area (Å²) in [7, 11) is 1.68. The van der Waals surface area contributed by atoms with Crippen LogP contribution in [0.25, 0.3) is 16.9 Å². The van der Waals surface area contributed by atoms with Crippen molar-refractivity contribution in [1.29, 1.82) is 0 Å². The number of anilines is 1. The minimum atomic E-state index is -0.0543. The summed E-state index contributed by atoms with van der Waals surface area (Å²) in [5, 5.41) is 3.54. The molecular weight excluding hydrogens is 388 g/mol. The van der Waals surface area contributed by atoms with Gasteiger partial charge in [-0.25, -0.2) is 4.98 Å². The zero-order chi connectivity index (χ0) is 22.0. The van der Waals surface area contributed by atoms with Crippen molar-refractivity contribution < 1.29 is 4.74 Å². The predicted molar refractivity (Wildman–Crippen MR) is 126 cm³/mol. The Kier molecular flexibility index (Phi) is 6.28. The van der Waals surface area contributed by atoms with Crippen LogP contribution in [0, 0.1) is 6.92 Å². The van der Waals surface area contributed by atoms with Crippen molar-refractivity contribution in [2.24, 2.45) is 0 Å². The minimum Gasteiger partial charge on any atom is -0.496 e. The van der Waals surface area contributed by atoms with E-state index < -0.39 is 0 Å². The number of aryl methyl sites for hydroxylation is 2. The maximum atomic E-state index is 13.0. The maximum absolute atomic E-state index is 13.0. The second-order valence-corrected chi connectivity index (χ2v) is 8.25. The molecule has 0 aliphatic carbocycles. The molecule has 31 heavy (non-hydrogen) atoms. The molecule has 0 amide bonds. The molecule has 1 N–H and O–H groups in total. The fourth-order valence-electron chi connectivity index (χ4n) is 4.52. The van der Waals surface area contributed by atoms with Gasteiger partial charge in [-0.15, -0.1) is 0 Å². The molecule has 0 spiro atoms. The van der Waals surface area contributed by atoms with Crippen LogP contribution in [0.15, 0.2) is 41.3 Å². The Hall–Kier alpha value is -2.86. The van der Waals surface area contributed by atoms with Gasteiger partial charge in [-0.1, -0.05) is 13.8 Å². The summed E-state index contributed by atoms with van der Waals surface area (Å²) in [6.07, 6.45) is 5.04. The Morgan fingerprint density at radius 3 is 2.61 bits per heavy atom. The molecule has 164 valence electrons. The van der Waals surface area contributed by atoms with Crippen molar-refractivity contribution in [3.8, 4) is 17.0 Å². The molecule has 6 nitrogen and oxygen atoms in total. The van der Waals surface area contributed by atoms with Crippen LogP contribution in [0.1, 0.15) is 37.8 Å². The third-order valence-electron chi connectivity index (χ3n) is 6.24. The lowest BCUT2D eigenvalue weighted by molar-refractivity contribution is 0.410. The molecule has 1 aromatic carbocycles. The zero-order valence-electron chi connectivity index (χ0n) is 18.9. The SMILES string of the molecule is CCNC1CCN(c2cc(C)c3nc(-c4ccc(OC)c(CC)c4)cc(=O)n3c2)CC1. The lowest BCUT2D eigenvalue weighted by Crippen LogP contribution is -2.42. The lowest BCUT2D eigenvalue weighted by atomic mass is 10.0. The first-order chi connectivity index (χ1) is 15.0. The van der Waals surface area contributed by atoms with Crippen LogP contribution >= 0.6 is 0 Å². The first-order valence-electron chi connectivity index (χ1n) is 11.2. The minimum absolute atomic E-state index is 0.0543. The molecule has 1 saturated heterocycles. The lowest BCUT2D eigenvalue weighted by Gasteiger charge is -2.34. The molecule has 3 aromatic rings. The third kappa shape index (κ3) is 4.30. The predicted octanol–water partition coefficient (Wildman–Crippen LogP) is 3.82. The van der Waals surface area contributed by atoms with Gasteiger partial charge in [0.1, 0.15) is 11.4 Å². The standard InChI is InChI=1S/C25H32N4O2/c1-5-18-14-19(7-8-23(18)31-4)22-15-24(30)29-16-21(13-17(3)25(29)27-22)28-11-9-20(10-12-28)26-6-2/h7-8,13-16,20,26H,5-6,9-12H2,1-4H3. The highest BCUT2D eigenvalue weighted by molar-refractivity contribution is 5.66. The number of hydrogen-bond acceptors (Lipinski definition) is 5. The van der Waals surface area contributed by atoms with E-state index in [2.05, 4.69) is 36.2 Å². The molecular formula is C25H32N4O2. The van der Waals surface area contributed by atoms with Crippen LogP contribution in [-0.4, -0.2) is 42.2 Å². The number of pyridine rings is 1. The van der Waals surface area contributed by atoms with Crippen LogP contribution in [0.4, 0.5) is 5.69 Å². The van der Waals surface area contributed by atoms with Gasteiger partial charge in [-0.05, 0) is 68.1 Å². The van der Waals surface area contributed by atoms with Gasteiger partial charge in [-0.3, -0.25) is 9.20 Å². The molecule has 2 aromatic heterocycles. The summed E-state index contributed by atoms with van der Waals surface area (Å²) in [6.45, 7) is 9.28. The van der Waals surface area contributed by atoms with E-state index >= 15 is 0 Å². The molecule has 1 aliphatic heterocycles. The fraction of sp³-hybridized carbons (Fsp3) is 0.440. The van der Waals surface area contributed by atoms with E-state index in [0.29, 0.717) is 17.4 Å². The smallest absolute Gasteiger partial charge is 0.258 e. The highest BCUT2D eigenvalue weighted by Gasteiger charge is 2.20. The van der Waals surface area contributed by atoms with Crippen molar-refractivity contribution in [1.82, 2.24) is 14.7 Å². The number of nitrogens with zero attached hydrogens (tertiary/aromatic N) is 3. The fourth-order valence-corrected chi connectivity index (χ4v) is 4.52. The number of methoxy groups -OCH3 is 1. The second kappa shape index (κ2) is 9.10. The largest absolute Gasteiger partial charge is 0.496 e. The summed E-state index contributed by atoms with van der Waals surface area (Å²) in [6, 6.07) is 10.4. The number of nitrogens with one attached hydrogen (secondary N) is 1. The van der Waals surface area contributed by atoms with Gasteiger partial charge < -0.3 is 15.0 Å².